The summed E-state index contributed by atoms with van der Waals surface area (Å²) >= 11 is 0. The van der Waals surface area contributed by atoms with E-state index in [2.05, 4.69) is 0 Å². The number of carbonyl (C=O) groups is 2. The Labute approximate surface area is 102 Å². The molecule has 6 N–H and O–H groups in total. The average Bonchev–Trinajstić information content (AvgIpc) is 2.61. The standard InChI is InChI=1S/C9H15N3O6/c10-3-1-12(9(17)11-7(3)16)8-6(15)5(14)4(2-13)18-8/h3-6,8,13-15H,1-2,10H2,(H,11,16,17)/t3?,4-,5-,6-,8-/m1/s1. The molecule has 0 saturated carbocycles. The van der Waals surface area contributed by atoms with Gasteiger partial charge in [0.25, 0.3) is 0 Å². The maximum absolute atomic E-state index is 11.6. The summed E-state index contributed by atoms with van der Waals surface area (Å²) in [4.78, 5) is 23.8. The van der Waals surface area contributed by atoms with Crippen LogP contribution in [0.5, 0.6) is 0 Å². The van der Waals surface area contributed by atoms with E-state index in [1.54, 1.807) is 0 Å². The number of hydrogen-bond donors (Lipinski definition) is 5. The highest BCUT2D eigenvalue weighted by Crippen LogP contribution is 2.24. The molecule has 2 heterocycles. The van der Waals surface area contributed by atoms with E-state index in [1.807, 2.05) is 5.32 Å². The zero-order valence-corrected chi connectivity index (χ0v) is 9.39. The van der Waals surface area contributed by atoms with Crippen molar-refractivity contribution < 1.29 is 29.6 Å². The third-order valence-corrected chi connectivity index (χ3v) is 3.05. The van der Waals surface area contributed by atoms with Gasteiger partial charge in [0.1, 0.15) is 24.4 Å². The Kier molecular flexibility index (Phi) is 3.50. The molecule has 1 unspecified atom stereocenters. The van der Waals surface area contributed by atoms with Crippen LogP contribution in [0.15, 0.2) is 0 Å². The number of rotatable bonds is 2. The number of ether oxygens (including phenoxy) is 1. The van der Waals surface area contributed by atoms with Crippen LogP contribution in [0.3, 0.4) is 0 Å². The van der Waals surface area contributed by atoms with Crippen LogP contribution in [0.25, 0.3) is 0 Å². The van der Waals surface area contributed by atoms with Crippen LogP contribution in [-0.2, 0) is 9.53 Å². The van der Waals surface area contributed by atoms with Crippen molar-refractivity contribution in [3.05, 3.63) is 0 Å². The molecule has 0 aliphatic carbocycles. The van der Waals surface area contributed by atoms with Crippen molar-refractivity contribution in [1.82, 2.24) is 10.2 Å². The first-order valence-corrected chi connectivity index (χ1v) is 5.45. The van der Waals surface area contributed by atoms with E-state index in [9.17, 15) is 19.8 Å². The molecule has 2 aliphatic heterocycles. The van der Waals surface area contributed by atoms with Crippen LogP contribution in [0.1, 0.15) is 0 Å². The SMILES string of the molecule is NC1CN([C@@H]2O[C@H](CO)[C@@H](O)[C@H]2O)C(=O)NC1=O. The molecule has 2 fully saturated rings. The molecule has 5 atom stereocenters. The topological polar surface area (TPSA) is 145 Å². The van der Waals surface area contributed by atoms with Crippen molar-refractivity contribution in [2.24, 2.45) is 5.73 Å². The van der Waals surface area contributed by atoms with Gasteiger partial charge in [-0.2, -0.15) is 0 Å². The molecule has 2 saturated heterocycles. The van der Waals surface area contributed by atoms with Gasteiger partial charge in [-0.1, -0.05) is 0 Å². The molecule has 0 bridgehead atoms. The number of aliphatic hydroxyl groups excluding tert-OH is 3. The highest BCUT2D eigenvalue weighted by molar-refractivity contribution is 5.99. The van der Waals surface area contributed by atoms with Crippen molar-refractivity contribution in [3.8, 4) is 0 Å². The third kappa shape index (κ3) is 2.06. The summed E-state index contributed by atoms with van der Waals surface area (Å²) in [6.07, 6.45) is -4.79. The fraction of sp³-hybridized carbons (Fsp3) is 0.778. The summed E-state index contributed by atoms with van der Waals surface area (Å²) in [5, 5.41) is 30.3. The molecule has 0 radical (unpaired) electrons. The Balaban J connectivity index is 2.12. The Bertz CT molecular complexity index is 364. The monoisotopic (exact) mass is 261 g/mol. The van der Waals surface area contributed by atoms with Crippen molar-refractivity contribution >= 4 is 11.9 Å². The first kappa shape index (κ1) is 13.2. The molecule has 102 valence electrons. The van der Waals surface area contributed by atoms with E-state index in [0.29, 0.717) is 0 Å². The quantitative estimate of drug-likeness (QED) is 0.344. The summed E-state index contributed by atoms with van der Waals surface area (Å²) < 4.78 is 5.18. The first-order chi connectivity index (χ1) is 8.45. The minimum absolute atomic E-state index is 0.128. The van der Waals surface area contributed by atoms with Gasteiger partial charge < -0.3 is 25.8 Å². The lowest BCUT2D eigenvalue weighted by atomic mass is 10.1. The van der Waals surface area contributed by atoms with Crippen LogP contribution in [-0.4, -0.2) is 75.9 Å². The zero-order chi connectivity index (χ0) is 13.4. The number of imide groups is 1. The molecule has 0 aromatic carbocycles. The molecule has 18 heavy (non-hydrogen) atoms. The smallest absolute Gasteiger partial charge is 0.326 e. The molecule has 0 spiro atoms. The minimum atomic E-state index is -1.37. The molecule has 2 rings (SSSR count). The van der Waals surface area contributed by atoms with Gasteiger partial charge in [0.15, 0.2) is 6.23 Å². The average molecular weight is 261 g/mol. The van der Waals surface area contributed by atoms with Crippen LogP contribution in [0.4, 0.5) is 4.79 Å². The first-order valence-electron chi connectivity index (χ1n) is 5.45. The molecule has 3 amide bonds. The second-order valence-corrected chi connectivity index (χ2v) is 4.28. The van der Waals surface area contributed by atoms with E-state index in [4.69, 9.17) is 15.6 Å². The normalized spacial score (nSPS) is 41.1. The Hall–Kier alpha value is -1.26. The largest absolute Gasteiger partial charge is 0.394 e. The summed E-state index contributed by atoms with van der Waals surface area (Å²) in [6, 6.07) is -1.68. The predicted octanol–water partition coefficient (Wildman–Crippen LogP) is -3.70. The fourth-order valence-corrected chi connectivity index (χ4v) is 2.00. The minimum Gasteiger partial charge on any atom is -0.394 e. The lowest BCUT2D eigenvalue weighted by molar-refractivity contribution is -0.127. The summed E-state index contributed by atoms with van der Waals surface area (Å²) in [6.45, 7) is -0.619. The van der Waals surface area contributed by atoms with Gasteiger partial charge >= 0.3 is 6.03 Å². The number of amides is 3. The summed E-state index contributed by atoms with van der Waals surface area (Å²) in [5.74, 6) is -0.608. The van der Waals surface area contributed by atoms with E-state index in [1.165, 1.54) is 0 Å². The zero-order valence-electron chi connectivity index (χ0n) is 9.39. The Morgan fingerprint density at radius 2 is 2.06 bits per heavy atom. The van der Waals surface area contributed by atoms with Gasteiger partial charge in [-0.15, -0.1) is 0 Å². The Morgan fingerprint density at radius 1 is 1.39 bits per heavy atom. The number of aliphatic hydroxyl groups is 3. The highest BCUT2D eigenvalue weighted by Gasteiger charge is 2.48. The number of nitrogens with one attached hydrogen (secondary N) is 1. The molecule has 9 nitrogen and oxygen atoms in total. The van der Waals surface area contributed by atoms with E-state index in [0.717, 1.165) is 4.90 Å². The van der Waals surface area contributed by atoms with Gasteiger partial charge in [0, 0.05) is 6.54 Å². The molecular weight excluding hydrogens is 246 g/mol. The highest BCUT2D eigenvalue weighted by atomic mass is 16.6. The van der Waals surface area contributed by atoms with E-state index >= 15 is 0 Å². The predicted molar refractivity (Wildman–Crippen MR) is 56.0 cm³/mol. The number of urea groups is 1. The number of nitrogens with zero attached hydrogens (tertiary/aromatic N) is 1. The number of carbonyl (C=O) groups excluding carboxylic acids is 2. The van der Waals surface area contributed by atoms with Crippen LogP contribution in [0.2, 0.25) is 0 Å². The maximum atomic E-state index is 11.6. The van der Waals surface area contributed by atoms with Gasteiger partial charge in [-0.05, 0) is 0 Å². The lowest BCUT2D eigenvalue weighted by Gasteiger charge is -2.35. The van der Waals surface area contributed by atoms with Crippen LogP contribution < -0.4 is 11.1 Å². The van der Waals surface area contributed by atoms with Gasteiger partial charge in [0.2, 0.25) is 5.91 Å². The van der Waals surface area contributed by atoms with Gasteiger partial charge in [0.05, 0.1) is 6.61 Å². The fourth-order valence-electron chi connectivity index (χ4n) is 2.00. The van der Waals surface area contributed by atoms with Crippen LogP contribution >= 0.6 is 0 Å². The van der Waals surface area contributed by atoms with Crippen molar-refractivity contribution in [3.63, 3.8) is 0 Å². The second-order valence-electron chi connectivity index (χ2n) is 4.28. The van der Waals surface area contributed by atoms with E-state index in [-0.39, 0.29) is 6.54 Å². The molecular formula is C9H15N3O6. The van der Waals surface area contributed by atoms with Crippen LogP contribution in [0, 0.1) is 0 Å². The van der Waals surface area contributed by atoms with Gasteiger partial charge in [-0.25, -0.2) is 4.79 Å². The molecule has 9 heteroatoms. The maximum Gasteiger partial charge on any atom is 0.326 e. The van der Waals surface area contributed by atoms with E-state index < -0.39 is 49.1 Å². The van der Waals surface area contributed by atoms with Crippen molar-refractivity contribution in [1.29, 1.82) is 0 Å². The molecule has 0 aromatic rings. The molecule has 2 aliphatic rings. The van der Waals surface area contributed by atoms with Gasteiger partial charge in [-0.3, -0.25) is 15.0 Å². The summed E-state index contributed by atoms with van der Waals surface area (Å²) in [7, 11) is 0. The Morgan fingerprint density at radius 3 is 2.61 bits per heavy atom. The summed E-state index contributed by atoms with van der Waals surface area (Å²) in [5.41, 5.74) is 5.49. The molecule has 0 aromatic heterocycles. The third-order valence-electron chi connectivity index (χ3n) is 3.05. The number of nitrogens with two attached hydrogens (primary N) is 1. The second kappa shape index (κ2) is 4.78. The number of hydrogen-bond acceptors (Lipinski definition) is 7. The lowest BCUT2D eigenvalue weighted by Crippen LogP contribution is -2.64. The van der Waals surface area contributed by atoms with Crippen molar-refractivity contribution in [2.75, 3.05) is 13.2 Å². The van der Waals surface area contributed by atoms with Crippen molar-refractivity contribution in [2.45, 2.75) is 30.6 Å².